The van der Waals surface area contributed by atoms with Crippen molar-refractivity contribution in [1.29, 1.82) is 0 Å². The summed E-state index contributed by atoms with van der Waals surface area (Å²) in [6.07, 6.45) is 1.73. The number of nitrogens with one attached hydrogen (secondary N) is 2. The van der Waals surface area contributed by atoms with E-state index in [-0.39, 0.29) is 24.1 Å². The largest absolute Gasteiger partial charge is 0.353 e. The number of nitrogens with zero attached hydrogens (tertiary/aromatic N) is 1. The van der Waals surface area contributed by atoms with E-state index in [2.05, 4.69) is 10.6 Å². The maximum atomic E-state index is 11.3. The molecule has 5 nitrogen and oxygen atoms in total. The second-order valence-corrected chi connectivity index (χ2v) is 4.13. The Balaban J connectivity index is 2.23. The molecule has 17 heavy (non-hydrogen) atoms. The SMILES string of the molecule is CC(C)NC(=O)CNCCn1ccccc1=O. The highest BCUT2D eigenvalue weighted by Crippen LogP contribution is 1.81. The molecule has 94 valence electrons. The molecule has 1 aromatic heterocycles. The van der Waals surface area contributed by atoms with Crippen molar-refractivity contribution < 1.29 is 4.79 Å². The lowest BCUT2D eigenvalue weighted by Crippen LogP contribution is -2.39. The maximum absolute atomic E-state index is 11.3. The van der Waals surface area contributed by atoms with Crippen LogP contribution >= 0.6 is 0 Å². The van der Waals surface area contributed by atoms with Gasteiger partial charge in [-0.25, -0.2) is 0 Å². The molecule has 1 amide bonds. The lowest BCUT2D eigenvalue weighted by Gasteiger charge is -2.09. The lowest BCUT2D eigenvalue weighted by atomic mass is 10.4. The molecule has 0 aliphatic rings. The van der Waals surface area contributed by atoms with Crippen molar-refractivity contribution in [3.63, 3.8) is 0 Å². The van der Waals surface area contributed by atoms with Crippen LogP contribution in [0.1, 0.15) is 13.8 Å². The Morgan fingerprint density at radius 2 is 2.18 bits per heavy atom. The first kappa shape index (κ1) is 13.4. The zero-order valence-electron chi connectivity index (χ0n) is 10.3. The van der Waals surface area contributed by atoms with Crippen LogP contribution in [-0.4, -0.2) is 29.6 Å². The molecule has 0 unspecified atom stereocenters. The van der Waals surface area contributed by atoms with Crippen molar-refractivity contribution in [2.24, 2.45) is 0 Å². The van der Waals surface area contributed by atoms with Gasteiger partial charge in [0.15, 0.2) is 0 Å². The average molecular weight is 237 g/mol. The number of aromatic nitrogens is 1. The molecule has 0 spiro atoms. The van der Waals surface area contributed by atoms with Gasteiger partial charge in [-0.15, -0.1) is 0 Å². The van der Waals surface area contributed by atoms with Gasteiger partial charge in [-0.05, 0) is 19.9 Å². The van der Waals surface area contributed by atoms with Crippen molar-refractivity contribution in [2.45, 2.75) is 26.4 Å². The second kappa shape index (κ2) is 6.85. The summed E-state index contributed by atoms with van der Waals surface area (Å²) >= 11 is 0. The Kier molecular flexibility index (Phi) is 5.42. The molecule has 2 N–H and O–H groups in total. The minimum absolute atomic E-state index is 0.0269. The van der Waals surface area contributed by atoms with Crippen LogP contribution in [0.2, 0.25) is 0 Å². The molecule has 1 rings (SSSR count). The third-order valence-corrected chi connectivity index (χ3v) is 2.16. The summed E-state index contributed by atoms with van der Waals surface area (Å²) in [5.74, 6) is -0.0274. The summed E-state index contributed by atoms with van der Waals surface area (Å²) in [4.78, 5) is 22.6. The van der Waals surface area contributed by atoms with Crippen LogP contribution in [0.15, 0.2) is 29.2 Å². The Morgan fingerprint density at radius 3 is 2.82 bits per heavy atom. The normalized spacial score (nSPS) is 10.5. The maximum Gasteiger partial charge on any atom is 0.250 e. The van der Waals surface area contributed by atoms with Crippen molar-refractivity contribution in [3.05, 3.63) is 34.7 Å². The van der Waals surface area contributed by atoms with E-state index in [4.69, 9.17) is 0 Å². The van der Waals surface area contributed by atoms with E-state index in [1.54, 1.807) is 16.8 Å². The molecule has 0 saturated heterocycles. The molecule has 0 saturated carbocycles. The quantitative estimate of drug-likeness (QED) is 0.683. The van der Waals surface area contributed by atoms with Crippen LogP contribution in [0.3, 0.4) is 0 Å². The van der Waals surface area contributed by atoms with Gasteiger partial charge in [-0.2, -0.15) is 0 Å². The predicted molar refractivity (Wildman–Crippen MR) is 66.9 cm³/mol. The molecular formula is C12H19N3O2. The molecule has 0 aliphatic carbocycles. The fraction of sp³-hybridized carbons (Fsp3) is 0.500. The summed E-state index contributed by atoms with van der Waals surface area (Å²) in [5.41, 5.74) is -0.0269. The van der Waals surface area contributed by atoms with E-state index in [1.165, 1.54) is 6.07 Å². The molecule has 1 heterocycles. The highest BCUT2D eigenvalue weighted by molar-refractivity contribution is 5.78. The molecule has 0 fully saturated rings. The van der Waals surface area contributed by atoms with E-state index in [0.29, 0.717) is 13.1 Å². The van der Waals surface area contributed by atoms with Crippen LogP contribution in [0.25, 0.3) is 0 Å². The van der Waals surface area contributed by atoms with Gasteiger partial charge < -0.3 is 15.2 Å². The second-order valence-electron chi connectivity index (χ2n) is 4.13. The number of amides is 1. The summed E-state index contributed by atoms with van der Waals surface area (Å²) in [5, 5.41) is 5.78. The molecule has 0 aliphatic heterocycles. The molecular weight excluding hydrogens is 218 g/mol. The lowest BCUT2D eigenvalue weighted by molar-refractivity contribution is -0.120. The van der Waals surface area contributed by atoms with Gasteiger partial charge in [-0.3, -0.25) is 9.59 Å². The number of hydrogen-bond acceptors (Lipinski definition) is 3. The van der Waals surface area contributed by atoms with Crippen molar-refractivity contribution in [3.8, 4) is 0 Å². The third-order valence-electron chi connectivity index (χ3n) is 2.16. The van der Waals surface area contributed by atoms with Gasteiger partial charge >= 0.3 is 0 Å². The average Bonchev–Trinajstić information content (AvgIpc) is 2.25. The molecule has 1 aromatic rings. The van der Waals surface area contributed by atoms with E-state index >= 15 is 0 Å². The van der Waals surface area contributed by atoms with Crippen LogP contribution < -0.4 is 16.2 Å². The standard InChI is InChI=1S/C12H19N3O2/c1-10(2)14-11(16)9-13-6-8-15-7-4-3-5-12(15)17/h3-5,7,10,13H,6,8-9H2,1-2H3,(H,14,16). The fourth-order valence-corrected chi connectivity index (χ4v) is 1.42. The molecule has 0 bridgehead atoms. The minimum atomic E-state index is -0.0274. The number of pyridine rings is 1. The van der Waals surface area contributed by atoms with Crippen LogP contribution in [0, 0.1) is 0 Å². The Morgan fingerprint density at radius 1 is 1.41 bits per heavy atom. The summed E-state index contributed by atoms with van der Waals surface area (Å²) in [7, 11) is 0. The summed E-state index contributed by atoms with van der Waals surface area (Å²) < 4.78 is 1.60. The van der Waals surface area contributed by atoms with E-state index in [0.717, 1.165) is 0 Å². The zero-order valence-corrected chi connectivity index (χ0v) is 10.3. The van der Waals surface area contributed by atoms with E-state index in [9.17, 15) is 9.59 Å². The molecule has 0 radical (unpaired) electrons. The van der Waals surface area contributed by atoms with Crippen molar-refractivity contribution in [1.82, 2.24) is 15.2 Å². The first-order valence-electron chi connectivity index (χ1n) is 5.75. The minimum Gasteiger partial charge on any atom is -0.353 e. The van der Waals surface area contributed by atoms with Gasteiger partial charge in [0.2, 0.25) is 5.91 Å². The Bertz CT molecular complexity index is 412. The molecule has 0 aromatic carbocycles. The number of hydrogen-bond donors (Lipinski definition) is 2. The van der Waals surface area contributed by atoms with Crippen molar-refractivity contribution in [2.75, 3.05) is 13.1 Å². The summed E-state index contributed by atoms with van der Waals surface area (Å²) in [6, 6.07) is 5.20. The van der Waals surface area contributed by atoms with Crippen LogP contribution in [-0.2, 0) is 11.3 Å². The monoisotopic (exact) mass is 237 g/mol. The first-order valence-corrected chi connectivity index (χ1v) is 5.75. The van der Waals surface area contributed by atoms with Gasteiger partial charge in [0.1, 0.15) is 0 Å². The highest BCUT2D eigenvalue weighted by atomic mass is 16.2. The van der Waals surface area contributed by atoms with Gasteiger partial charge in [0.25, 0.3) is 5.56 Å². The third kappa shape index (κ3) is 5.31. The van der Waals surface area contributed by atoms with Gasteiger partial charge in [-0.1, -0.05) is 6.07 Å². The van der Waals surface area contributed by atoms with Crippen LogP contribution in [0.4, 0.5) is 0 Å². The Labute approximate surface area is 101 Å². The topological polar surface area (TPSA) is 63.1 Å². The van der Waals surface area contributed by atoms with Crippen LogP contribution in [0.5, 0.6) is 0 Å². The van der Waals surface area contributed by atoms with Crippen molar-refractivity contribution >= 4 is 5.91 Å². The Hall–Kier alpha value is -1.62. The summed E-state index contributed by atoms with van der Waals surface area (Å²) in [6.45, 7) is 5.27. The molecule has 5 heteroatoms. The van der Waals surface area contributed by atoms with Gasteiger partial charge in [0.05, 0.1) is 6.54 Å². The van der Waals surface area contributed by atoms with E-state index < -0.39 is 0 Å². The van der Waals surface area contributed by atoms with Gasteiger partial charge in [0, 0.05) is 31.4 Å². The predicted octanol–water partition coefficient (Wildman–Crippen LogP) is -0.0375. The number of rotatable bonds is 6. The highest BCUT2D eigenvalue weighted by Gasteiger charge is 2.01. The smallest absolute Gasteiger partial charge is 0.250 e. The fourth-order valence-electron chi connectivity index (χ4n) is 1.42. The number of carbonyl (C=O) groups excluding carboxylic acids is 1. The molecule has 0 atom stereocenters. The first-order chi connectivity index (χ1) is 8.09. The zero-order chi connectivity index (χ0) is 12.7. The number of carbonyl (C=O) groups is 1. The van der Waals surface area contributed by atoms with E-state index in [1.807, 2.05) is 19.9 Å².